The number of nitrogens with one attached hydrogen (secondary N) is 1. The Kier molecular flexibility index (Phi) is 2.35. The molecule has 0 bridgehead atoms. The first kappa shape index (κ1) is 8.99. The van der Waals surface area contributed by atoms with E-state index in [4.69, 9.17) is 0 Å². The highest BCUT2D eigenvalue weighted by Gasteiger charge is 2.19. The van der Waals surface area contributed by atoms with Crippen molar-refractivity contribution in [2.75, 3.05) is 13.1 Å². The molecule has 4 nitrogen and oxygen atoms in total. The van der Waals surface area contributed by atoms with Crippen LogP contribution in [0.1, 0.15) is 23.3 Å². The Labute approximate surface area is 81.6 Å². The van der Waals surface area contributed by atoms with Gasteiger partial charge < -0.3 is 9.88 Å². The van der Waals surface area contributed by atoms with E-state index in [9.17, 15) is 9.59 Å². The summed E-state index contributed by atoms with van der Waals surface area (Å²) in [5.41, 5.74) is 0.162. The summed E-state index contributed by atoms with van der Waals surface area (Å²) in [6.07, 6.45) is 2.12. The van der Waals surface area contributed by atoms with Crippen LogP contribution in [-0.4, -0.2) is 28.9 Å². The summed E-state index contributed by atoms with van der Waals surface area (Å²) in [4.78, 5) is 27.0. The molecular weight excluding hydrogens is 180 g/mol. The van der Waals surface area contributed by atoms with Gasteiger partial charge in [0.2, 0.25) is 5.56 Å². The molecule has 0 saturated carbocycles. The number of pyridine rings is 1. The van der Waals surface area contributed by atoms with Crippen molar-refractivity contribution in [3.63, 3.8) is 0 Å². The third-order valence-corrected chi connectivity index (χ3v) is 2.39. The third-order valence-electron chi connectivity index (χ3n) is 2.39. The first-order valence-electron chi connectivity index (χ1n) is 4.76. The Morgan fingerprint density at radius 3 is 2.64 bits per heavy atom. The zero-order valence-corrected chi connectivity index (χ0v) is 7.82. The molecule has 1 fully saturated rings. The minimum atomic E-state index is -0.227. The first-order chi connectivity index (χ1) is 6.77. The fourth-order valence-corrected chi connectivity index (χ4v) is 1.66. The van der Waals surface area contributed by atoms with Crippen LogP contribution in [0.15, 0.2) is 23.0 Å². The largest absolute Gasteiger partial charge is 0.337 e. The third kappa shape index (κ3) is 1.69. The van der Waals surface area contributed by atoms with Gasteiger partial charge in [0.15, 0.2) is 0 Å². The number of aromatic amines is 1. The van der Waals surface area contributed by atoms with Crippen molar-refractivity contribution in [1.82, 2.24) is 9.88 Å². The summed E-state index contributed by atoms with van der Waals surface area (Å²) in [5, 5.41) is 0. The second kappa shape index (κ2) is 3.65. The lowest BCUT2D eigenvalue weighted by molar-refractivity contribution is 0.0787. The Balaban J connectivity index is 2.22. The number of rotatable bonds is 1. The van der Waals surface area contributed by atoms with Crippen molar-refractivity contribution >= 4 is 5.91 Å². The van der Waals surface area contributed by atoms with Gasteiger partial charge >= 0.3 is 0 Å². The lowest BCUT2D eigenvalue weighted by Gasteiger charge is -2.14. The summed E-state index contributed by atoms with van der Waals surface area (Å²) in [7, 11) is 0. The van der Waals surface area contributed by atoms with Gasteiger partial charge in [0.25, 0.3) is 5.91 Å². The molecule has 0 radical (unpaired) electrons. The lowest BCUT2D eigenvalue weighted by atomic mass is 10.3. The summed E-state index contributed by atoms with van der Waals surface area (Å²) >= 11 is 0. The monoisotopic (exact) mass is 192 g/mol. The molecule has 2 rings (SSSR count). The molecule has 0 aliphatic carbocycles. The van der Waals surface area contributed by atoms with E-state index in [1.807, 2.05) is 0 Å². The number of aromatic nitrogens is 1. The Morgan fingerprint density at radius 2 is 2.00 bits per heavy atom. The van der Waals surface area contributed by atoms with Crippen LogP contribution in [-0.2, 0) is 0 Å². The van der Waals surface area contributed by atoms with Crippen LogP contribution in [0.4, 0.5) is 0 Å². The molecule has 14 heavy (non-hydrogen) atoms. The quantitative estimate of drug-likeness (QED) is 0.708. The number of amides is 1. The topological polar surface area (TPSA) is 53.2 Å². The maximum atomic E-state index is 11.8. The Bertz CT molecular complexity index is 391. The Hall–Kier alpha value is -1.58. The number of carbonyl (C=O) groups is 1. The van der Waals surface area contributed by atoms with Gasteiger partial charge in [-0.3, -0.25) is 9.59 Å². The number of H-pyrrole nitrogens is 1. The van der Waals surface area contributed by atoms with Crippen molar-refractivity contribution in [3.8, 4) is 0 Å². The van der Waals surface area contributed by atoms with Gasteiger partial charge in [0.1, 0.15) is 5.69 Å². The van der Waals surface area contributed by atoms with Crippen LogP contribution < -0.4 is 5.56 Å². The predicted molar refractivity (Wildman–Crippen MR) is 52.2 cm³/mol. The van der Waals surface area contributed by atoms with Gasteiger partial charge in [-0.15, -0.1) is 0 Å². The summed E-state index contributed by atoms with van der Waals surface area (Å²) in [6.45, 7) is 1.60. The normalized spacial score (nSPS) is 15.9. The molecule has 0 aromatic carbocycles. The van der Waals surface area contributed by atoms with Gasteiger partial charge in [-0.05, 0) is 18.9 Å². The molecule has 1 N–H and O–H groups in total. The van der Waals surface area contributed by atoms with Gasteiger partial charge in [-0.25, -0.2) is 0 Å². The molecule has 0 unspecified atom stereocenters. The Morgan fingerprint density at radius 1 is 1.29 bits per heavy atom. The van der Waals surface area contributed by atoms with E-state index in [0.717, 1.165) is 25.9 Å². The minimum Gasteiger partial charge on any atom is -0.337 e. The van der Waals surface area contributed by atoms with Gasteiger partial charge in [-0.2, -0.15) is 0 Å². The molecule has 0 spiro atoms. The van der Waals surface area contributed by atoms with Crippen molar-refractivity contribution < 1.29 is 4.79 Å². The molecule has 1 aliphatic rings. The van der Waals surface area contributed by atoms with E-state index in [1.54, 1.807) is 17.0 Å². The van der Waals surface area contributed by atoms with Crippen molar-refractivity contribution in [3.05, 3.63) is 34.2 Å². The van der Waals surface area contributed by atoms with E-state index in [-0.39, 0.29) is 11.5 Å². The number of hydrogen-bond donors (Lipinski definition) is 1. The average molecular weight is 192 g/mol. The van der Waals surface area contributed by atoms with Crippen molar-refractivity contribution in [2.24, 2.45) is 0 Å². The predicted octanol–water partition coefficient (Wildman–Crippen LogP) is 0.611. The van der Waals surface area contributed by atoms with Gasteiger partial charge in [0.05, 0.1) is 0 Å². The van der Waals surface area contributed by atoms with Crippen LogP contribution in [0.5, 0.6) is 0 Å². The average Bonchev–Trinajstić information content (AvgIpc) is 2.69. The molecule has 1 aromatic heterocycles. The van der Waals surface area contributed by atoms with E-state index < -0.39 is 0 Å². The standard InChI is InChI=1S/C10H12N2O2/c13-9-5-3-4-8(11-9)10(14)12-6-1-2-7-12/h3-5H,1-2,6-7H2,(H,11,13). The molecule has 1 amide bonds. The number of hydrogen-bond acceptors (Lipinski definition) is 2. The smallest absolute Gasteiger partial charge is 0.270 e. The van der Waals surface area contributed by atoms with Crippen molar-refractivity contribution in [2.45, 2.75) is 12.8 Å². The van der Waals surface area contributed by atoms with E-state index in [2.05, 4.69) is 4.98 Å². The molecular formula is C10H12N2O2. The molecule has 1 aromatic rings. The van der Waals surface area contributed by atoms with E-state index in [1.165, 1.54) is 6.07 Å². The highest BCUT2D eigenvalue weighted by Crippen LogP contribution is 2.10. The van der Waals surface area contributed by atoms with Crippen LogP contribution in [0, 0.1) is 0 Å². The molecule has 1 saturated heterocycles. The summed E-state index contributed by atoms with van der Waals surface area (Å²) < 4.78 is 0. The van der Waals surface area contributed by atoms with Crippen LogP contribution in [0.25, 0.3) is 0 Å². The summed E-state index contributed by atoms with van der Waals surface area (Å²) in [6, 6.07) is 4.64. The maximum absolute atomic E-state index is 11.8. The van der Waals surface area contributed by atoms with Crippen LogP contribution in [0.2, 0.25) is 0 Å². The maximum Gasteiger partial charge on any atom is 0.270 e. The van der Waals surface area contributed by atoms with E-state index in [0.29, 0.717) is 5.69 Å². The summed E-state index contributed by atoms with van der Waals surface area (Å²) in [5.74, 6) is -0.0693. The van der Waals surface area contributed by atoms with E-state index >= 15 is 0 Å². The zero-order chi connectivity index (χ0) is 9.97. The number of likely N-dealkylation sites (tertiary alicyclic amines) is 1. The molecule has 2 heterocycles. The second-order valence-corrected chi connectivity index (χ2v) is 3.43. The van der Waals surface area contributed by atoms with Gasteiger partial charge in [0, 0.05) is 19.2 Å². The lowest BCUT2D eigenvalue weighted by Crippen LogP contribution is -2.29. The zero-order valence-electron chi connectivity index (χ0n) is 7.82. The highest BCUT2D eigenvalue weighted by molar-refractivity contribution is 5.92. The molecule has 0 atom stereocenters. The number of nitrogens with zero attached hydrogens (tertiary/aromatic N) is 1. The highest BCUT2D eigenvalue weighted by atomic mass is 16.2. The number of carbonyl (C=O) groups excluding carboxylic acids is 1. The van der Waals surface area contributed by atoms with Gasteiger partial charge in [-0.1, -0.05) is 6.07 Å². The SMILES string of the molecule is O=C(c1cccc(=O)[nH]1)N1CCCC1. The van der Waals surface area contributed by atoms with Crippen molar-refractivity contribution in [1.29, 1.82) is 0 Å². The molecule has 74 valence electrons. The molecule has 4 heteroatoms. The van der Waals surface area contributed by atoms with Crippen LogP contribution >= 0.6 is 0 Å². The van der Waals surface area contributed by atoms with Crippen LogP contribution in [0.3, 0.4) is 0 Å². The first-order valence-corrected chi connectivity index (χ1v) is 4.76. The molecule has 1 aliphatic heterocycles. The second-order valence-electron chi connectivity index (χ2n) is 3.43. The minimum absolute atomic E-state index is 0.0693. The fraction of sp³-hybridized carbons (Fsp3) is 0.400. The fourth-order valence-electron chi connectivity index (χ4n) is 1.66.